The molecule has 2 heterocycles. The van der Waals surface area contributed by atoms with Gasteiger partial charge in [0.2, 0.25) is 5.88 Å². The Morgan fingerprint density at radius 2 is 2.21 bits per heavy atom. The molecule has 0 aliphatic carbocycles. The van der Waals surface area contributed by atoms with Crippen LogP contribution in [0.25, 0.3) is 0 Å². The third-order valence-electron chi connectivity index (χ3n) is 2.83. The van der Waals surface area contributed by atoms with Crippen molar-refractivity contribution in [2.75, 3.05) is 20.2 Å². The van der Waals surface area contributed by atoms with Gasteiger partial charge in [0, 0.05) is 25.2 Å². The lowest BCUT2D eigenvalue weighted by molar-refractivity contribution is 0.396. The minimum atomic E-state index is 0.644. The highest BCUT2D eigenvalue weighted by Crippen LogP contribution is 2.08. The Balaban J connectivity index is 1.95. The zero-order chi connectivity index (χ0) is 13.5. The Labute approximate surface area is 113 Å². The van der Waals surface area contributed by atoms with E-state index < -0.39 is 0 Å². The molecule has 0 aliphatic rings. The van der Waals surface area contributed by atoms with E-state index in [-0.39, 0.29) is 0 Å². The van der Waals surface area contributed by atoms with Gasteiger partial charge in [-0.15, -0.1) is 0 Å². The summed E-state index contributed by atoms with van der Waals surface area (Å²) in [5, 5.41) is 3.29. The van der Waals surface area contributed by atoms with E-state index in [9.17, 15) is 0 Å². The number of nitrogens with one attached hydrogen (secondary N) is 1. The summed E-state index contributed by atoms with van der Waals surface area (Å²) in [6.45, 7) is 4.78. The first-order valence-corrected chi connectivity index (χ1v) is 6.53. The molecule has 0 amide bonds. The van der Waals surface area contributed by atoms with Gasteiger partial charge in [-0.25, -0.2) is 9.97 Å². The van der Waals surface area contributed by atoms with E-state index in [0.29, 0.717) is 12.4 Å². The number of methoxy groups -OCH3 is 1. The zero-order valence-corrected chi connectivity index (χ0v) is 11.5. The SMILES string of the molecule is CCNCCc1cn(Cc2cccc(OC)n2)cn1. The van der Waals surface area contributed by atoms with Crippen LogP contribution >= 0.6 is 0 Å². The second-order valence-electron chi connectivity index (χ2n) is 4.31. The van der Waals surface area contributed by atoms with E-state index in [4.69, 9.17) is 4.74 Å². The van der Waals surface area contributed by atoms with Gasteiger partial charge >= 0.3 is 0 Å². The van der Waals surface area contributed by atoms with Crippen molar-refractivity contribution in [2.45, 2.75) is 19.9 Å². The smallest absolute Gasteiger partial charge is 0.213 e. The number of aromatic nitrogens is 3. The van der Waals surface area contributed by atoms with Crippen molar-refractivity contribution < 1.29 is 4.74 Å². The van der Waals surface area contributed by atoms with Crippen LogP contribution in [0.15, 0.2) is 30.7 Å². The monoisotopic (exact) mass is 260 g/mol. The van der Waals surface area contributed by atoms with Crippen LogP contribution < -0.4 is 10.1 Å². The first-order valence-electron chi connectivity index (χ1n) is 6.53. The topological polar surface area (TPSA) is 52.0 Å². The summed E-state index contributed by atoms with van der Waals surface area (Å²) >= 11 is 0. The highest BCUT2D eigenvalue weighted by molar-refractivity contribution is 5.16. The molecule has 2 aromatic heterocycles. The molecule has 2 aromatic rings. The summed E-state index contributed by atoms with van der Waals surface area (Å²) in [7, 11) is 1.63. The molecule has 0 aliphatic heterocycles. The third-order valence-corrected chi connectivity index (χ3v) is 2.83. The van der Waals surface area contributed by atoms with Crippen LogP contribution in [0.3, 0.4) is 0 Å². The van der Waals surface area contributed by atoms with E-state index in [2.05, 4.69) is 28.4 Å². The van der Waals surface area contributed by atoms with Gasteiger partial charge in [-0.2, -0.15) is 0 Å². The summed E-state index contributed by atoms with van der Waals surface area (Å²) in [6, 6.07) is 5.78. The molecule has 0 aromatic carbocycles. The summed E-state index contributed by atoms with van der Waals surface area (Å²) in [4.78, 5) is 8.78. The average molecular weight is 260 g/mol. The van der Waals surface area contributed by atoms with Gasteiger partial charge in [-0.3, -0.25) is 0 Å². The molecular formula is C14H20N4O. The van der Waals surface area contributed by atoms with E-state index in [1.54, 1.807) is 7.11 Å². The highest BCUT2D eigenvalue weighted by Gasteiger charge is 2.02. The van der Waals surface area contributed by atoms with Gasteiger partial charge in [-0.05, 0) is 12.6 Å². The lowest BCUT2D eigenvalue weighted by atomic mass is 10.3. The second kappa shape index (κ2) is 6.89. The molecule has 5 nitrogen and oxygen atoms in total. The lowest BCUT2D eigenvalue weighted by Crippen LogP contribution is -2.16. The predicted octanol–water partition coefficient (Wildman–Crippen LogP) is 1.49. The van der Waals surface area contributed by atoms with E-state index in [1.165, 1.54) is 0 Å². The quantitative estimate of drug-likeness (QED) is 0.766. The van der Waals surface area contributed by atoms with Gasteiger partial charge in [0.05, 0.1) is 31.4 Å². The van der Waals surface area contributed by atoms with E-state index in [1.807, 2.05) is 29.1 Å². The number of nitrogens with zero attached hydrogens (tertiary/aromatic N) is 3. The zero-order valence-electron chi connectivity index (χ0n) is 11.5. The minimum absolute atomic E-state index is 0.644. The Kier molecular flexibility index (Phi) is 4.92. The summed E-state index contributed by atoms with van der Waals surface area (Å²) in [5.74, 6) is 0.644. The van der Waals surface area contributed by atoms with Crippen LogP contribution in [0.5, 0.6) is 5.88 Å². The van der Waals surface area contributed by atoms with Crippen LogP contribution in [0.2, 0.25) is 0 Å². The molecular weight excluding hydrogens is 240 g/mol. The number of hydrogen-bond donors (Lipinski definition) is 1. The fraction of sp³-hybridized carbons (Fsp3) is 0.429. The maximum atomic E-state index is 5.12. The number of imidazole rings is 1. The molecule has 2 rings (SSSR count). The van der Waals surface area contributed by atoms with Crippen LogP contribution in [0, 0.1) is 0 Å². The Morgan fingerprint density at radius 3 is 3.00 bits per heavy atom. The molecule has 0 spiro atoms. The first kappa shape index (κ1) is 13.5. The van der Waals surface area contributed by atoms with Crippen molar-refractivity contribution in [3.05, 3.63) is 42.1 Å². The molecule has 1 N–H and O–H groups in total. The largest absolute Gasteiger partial charge is 0.481 e. The van der Waals surface area contributed by atoms with E-state index in [0.717, 1.165) is 30.9 Å². The van der Waals surface area contributed by atoms with E-state index >= 15 is 0 Å². The van der Waals surface area contributed by atoms with Crippen LogP contribution in [0.4, 0.5) is 0 Å². The summed E-state index contributed by atoms with van der Waals surface area (Å²) < 4.78 is 7.16. The summed E-state index contributed by atoms with van der Waals surface area (Å²) in [6.07, 6.45) is 4.87. The maximum absolute atomic E-state index is 5.12. The fourth-order valence-electron chi connectivity index (χ4n) is 1.86. The molecule has 19 heavy (non-hydrogen) atoms. The van der Waals surface area contributed by atoms with Gasteiger partial charge in [0.25, 0.3) is 0 Å². The first-order chi connectivity index (χ1) is 9.31. The van der Waals surface area contributed by atoms with Gasteiger partial charge < -0.3 is 14.6 Å². The van der Waals surface area contributed by atoms with Crippen LogP contribution in [-0.4, -0.2) is 34.7 Å². The number of likely N-dealkylation sites (N-methyl/N-ethyl adjacent to an activating group) is 1. The number of ether oxygens (including phenoxy) is 1. The molecule has 0 saturated carbocycles. The van der Waals surface area contributed by atoms with Crippen molar-refractivity contribution in [1.82, 2.24) is 19.9 Å². The molecule has 0 saturated heterocycles. The van der Waals surface area contributed by atoms with Crippen molar-refractivity contribution >= 4 is 0 Å². The third kappa shape index (κ3) is 4.06. The Hall–Kier alpha value is -1.88. The second-order valence-corrected chi connectivity index (χ2v) is 4.31. The van der Waals surface area contributed by atoms with Gasteiger partial charge in [0.15, 0.2) is 0 Å². The predicted molar refractivity (Wildman–Crippen MR) is 74.4 cm³/mol. The number of pyridine rings is 1. The molecule has 0 radical (unpaired) electrons. The van der Waals surface area contributed by atoms with Crippen LogP contribution in [0.1, 0.15) is 18.3 Å². The lowest BCUT2D eigenvalue weighted by Gasteiger charge is -2.04. The van der Waals surface area contributed by atoms with Crippen LogP contribution in [-0.2, 0) is 13.0 Å². The fourth-order valence-corrected chi connectivity index (χ4v) is 1.86. The average Bonchev–Trinajstić information content (AvgIpc) is 2.87. The molecule has 102 valence electrons. The number of hydrogen-bond acceptors (Lipinski definition) is 4. The standard InChI is InChI=1S/C14H20N4O/c1-3-15-8-7-12-9-18(11-16-12)10-13-5-4-6-14(17-13)19-2/h4-6,9,11,15H,3,7-8,10H2,1-2H3. The van der Waals surface area contributed by atoms with Gasteiger partial charge in [-0.1, -0.05) is 13.0 Å². The highest BCUT2D eigenvalue weighted by atomic mass is 16.5. The maximum Gasteiger partial charge on any atom is 0.213 e. The van der Waals surface area contributed by atoms with Crippen molar-refractivity contribution in [2.24, 2.45) is 0 Å². The van der Waals surface area contributed by atoms with Gasteiger partial charge in [0.1, 0.15) is 0 Å². The molecule has 0 unspecified atom stereocenters. The van der Waals surface area contributed by atoms with Crippen molar-refractivity contribution in [3.8, 4) is 5.88 Å². The number of rotatable bonds is 7. The summed E-state index contributed by atoms with van der Waals surface area (Å²) in [5.41, 5.74) is 2.07. The van der Waals surface area contributed by atoms with Crippen molar-refractivity contribution in [3.63, 3.8) is 0 Å². The normalized spacial score (nSPS) is 10.6. The Bertz CT molecular complexity index is 510. The van der Waals surface area contributed by atoms with Crippen molar-refractivity contribution in [1.29, 1.82) is 0 Å². The Morgan fingerprint density at radius 1 is 1.32 bits per heavy atom. The molecule has 0 atom stereocenters. The molecule has 5 heteroatoms. The molecule has 0 fully saturated rings. The molecule has 0 bridgehead atoms. The minimum Gasteiger partial charge on any atom is -0.481 e.